The first kappa shape index (κ1) is 17.4. The van der Waals surface area contributed by atoms with E-state index in [4.69, 9.17) is 10.00 Å². The van der Waals surface area contributed by atoms with E-state index in [2.05, 4.69) is 0 Å². The quantitative estimate of drug-likeness (QED) is 0.459. The van der Waals surface area contributed by atoms with Gasteiger partial charge in [-0.25, -0.2) is 13.6 Å². The minimum Gasteiger partial charge on any atom is -0.423 e. The Labute approximate surface area is 138 Å². The van der Waals surface area contributed by atoms with Crippen molar-refractivity contribution in [2.24, 2.45) is 0 Å². The number of esters is 1. The van der Waals surface area contributed by atoms with Gasteiger partial charge in [0.05, 0.1) is 11.6 Å². The number of benzene rings is 2. The van der Waals surface area contributed by atoms with E-state index < -0.39 is 23.2 Å². The molecule has 0 radical (unpaired) electrons. The first-order chi connectivity index (χ1) is 11.5. The first-order valence-electron chi connectivity index (χ1n) is 7.36. The number of rotatable bonds is 5. The Morgan fingerprint density at radius 2 is 1.83 bits per heavy atom. The Morgan fingerprint density at radius 3 is 2.38 bits per heavy atom. The summed E-state index contributed by atoms with van der Waals surface area (Å²) in [6.07, 6.45) is 4.88. The molecule has 0 amide bonds. The van der Waals surface area contributed by atoms with Crippen LogP contribution in [0.3, 0.4) is 0 Å². The predicted molar refractivity (Wildman–Crippen MR) is 85.6 cm³/mol. The Balaban J connectivity index is 2.17. The van der Waals surface area contributed by atoms with Gasteiger partial charge in [-0.1, -0.05) is 12.2 Å². The predicted octanol–water partition coefficient (Wildman–Crippen LogP) is 4.56. The van der Waals surface area contributed by atoms with E-state index in [1.54, 1.807) is 0 Å². The maximum absolute atomic E-state index is 14.1. The zero-order valence-electron chi connectivity index (χ0n) is 13.1. The topological polar surface area (TPSA) is 50.1 Å². The molecule has 0 aliphatic heterocycles. The van der Waals surface area contributed by atoms with E-state index in [0.717, 1.165) is 12.1 Å². The normalized spacial score (nSPS) is 10.6. The lowest BCUT2D eigenvalue weighted by atomic mass is 10.1. The highest BCUT2D eigenvalue weighted by molar-refractivity contribution is 5.91. The summed E-state index contributed by atoms with van der Waals surface area (Å²) in [4.78, 5) is 12.0. The van der Waals surface area contributed by atoms with Gasteiger partial charge in [-0.15, -0.1) is 0 Å². The fourth-order valence-electron chi connectivity index (χ4n) is 2.14. The van der Waals surface area contributed by atoms with Crippen LogP contribution in [0.25, 0.3) is 0 Å². The second-order valence-corrected chi connectivity index (χ2v) is 5.07. The van der Waals surface area contributed by atoms with Crippen molar-refractivity contribution in [1.29, 1.82) is 5.26 Å². The molecule has 0 spiro atoms. The maximum Gasteiger partial charge on any atom is 0.349 e. The van der Waals surface area contributed by atoms with Crippen molar-refractivity contribution in [3.63, 3.8) is 0 Å². The monoisotopic (exact) mass is 327 g/mol. The fourth-order valence-corrected chi connectivity index (χ4v) is 2.14. The molecular formula is C19H15F2NO2. The van der Waals surface area contributed by atoms with E-state index in [0.29, 0.717) is 24.0 Å². The smallest absolute Gasteiger partial charge is 0.349 e. The summed E-state index contributed by atoms with van der Waals surface area (Å²) in [5.41, 5.74) is 0.129. The Kier molecular flexibility index (Phi) is 5.80. The molecule has 2 aromatic carbocycles. The lowest BCUT2D eigenvalue weighted by molar-refractivity contribution is 0.0724. The number of hydrogen-bond donors (Lipinski definition) is 0. The summed E-state index contributed by atoms with van der Waals surface area (Å²) >= 11 is 0. The summed E-state index contributed by atoms with van der Waals surface area (Å²) in [6.45, 7) is 1.86. The van der Waals surface area contributed by atoms with E-state index in [-0.39, 0.29) is 5.75 Å². The molecule has 3 nitrogen and oxygen atoms in total. The summed E-state index contributed by atoms with van der Waals surface area (Å²) in [5.74, 6) is -2.92. The summed E-state index contributed by atoms with van der Waals surface area (Å²) in [7, 11) is 0. The highest BCUT2D eigenvalue weighted by Gasteiger charge is 2.20. The molecule has 0 aromatic heterocycles. The fraction of sp³-hybridized carbons (Fsp3) is 0.158. The van der Waals surface area contributed by atoms with Crippen molar-refractivity contribution in [2.45, 2.75) is 19.8 Å². The van der Waals surface area contributed by atoms with E-state index in [1.165, 1.54) is 24.3 Å². The zero-order valence-corrected chi connectivity index (χ0v) is 13.1. The van der Waals surface area contributed by atoms with Gasteiger partial charge in [0.25, 0.3) is 0 Å². The average molecular weight is 327 g/mol. The van der Waals surface area contributed by atoms with Crippen LogP contribution in [0.5, 0.6) is 5.75 Å². The largest absolute Gasteiger partial charge is 0.423 e. The first-order valence-corrected chi connectivity index (χ1v) is 7.36. The van der Waals surface area contributed by atoms with Crippen LogP contribution in [-0.2, 0) is 6.42 Å². The van der Waals surface area contributed by atoms with Gasteiger partial charge in [0.2, 0.25) is 0 Å². The Bertz CT molecular complexity index is 782. The molecule has 0 saturated heterocycles. The van der Waals surface area contributed by atoms with E-state index in [9.17, 15) is 13.6 Å². The highest BCUT2D eigenvalue weighted by atomic mass is 19.1. The van der Waals surface area contributed by atoms with Crippen LogP contribution in [0, 0.1) is 23.0 Å². The molecule has 0 aliphatic carbocycles. The second-order valence-electron chi connectivity index (χ2n) is 5.07. The van der Waals surface area contributed by atoms with Crippen molar-refractivity contribution in [1.82, 2.24) is 0 Å². The average Bonchev–Trinajstić information content (AvgIpc) is 2.55. The number of allylic oxidation sites excluding steroid dienone is 2. The van der Waals surface area contributed by atoms with Gasteiger partial charge < -0.3 is 4.74 Å². The van der Waals surface area contributed by atoms with Crippen LogP contribution in [0.1, 0.15) is 34.8 Å². The molecule has 24 heavy (non-hydrogen) atoms. The molecule has 0 heterocycles. The van der Waals surface area contributed by atoms with Crippen LogP contribution >= 0.6 is 0 Å². The number of aryl methyl sites for hydroxylation is 1. The van der Waals surface area contributed by atoms with Gasteiger partial charge in [0.15, 0.2) is 0 Å². The number of nitriles is 1. The molecule has 2 rings (SSSR count). The molecule has 2 aromatic rings. The lowest BCUT2D eigenvalue weighted by Crippen LogP contribution is -2.13. The van der Waals surface area contributed by atoms with Crippen LogP contribution in [0.4, 0.5) is 8.78 Å². The van der Waals surface area contributed by atoms with Gasteiger partial charge in [0, 0.05) is 0 Å². The molecular weight excluding hydrogens is 312 g/mol. The van der Waals surface area contributed by atoms with Crippen molar-refractivity contribution < 1.29 is 18.3 Å². The number of nitrogens with zero attached hydrogens (tertiary/aromatic N) is 1. The third kappa shape index (κ3) is 4.26. The van der Waals surface area contributed by atoms with Gasteiger partial charge >= 0.3 is 5.97 Å². The van der Waals surface area contributed by atoms with Crippen molar-refractivity contribution >= 4 is 5.97 Å². The molecule has 0 saturated carbocycles. The number of ether oxygens (including phenoxy) is 1. The van der Waals surface area contributed by atoms with E-state index >= 15 is 0 Å². The van der Waals surface area contributed by atoms with Crippen molar-refractivity contribution in [3.05, 3.63) is 76.9 Å². The molecule has 122 valence electrons. The number of hydrogen-bond acceptors (Lipinski definition) is 3. The standard InChI is InChI=1S/C19H15F2NO2/c1-2-3-4-5-14-10-16(20)18(17(21)11-14)19(23)24-15-8-6-13(12-22)7-9-15/h2-3,6-11H,4-5H2,1H3. The third-order valence-corrected chi connectivity index (χ3v) is 3.34. The van der Waals surface area contributed by atoms with Gasteiger partial charge in [-0.05, 0) is 61.7 Å². The molecule has 0 bridgehead atoms. The number of carbonyl (C=O) groups excluding carboxylic acids is 1. The zero-order chi connectivity index (χ0) is 17.5. The Hall–Kier alpha value is -3.00. The van der Waals surface area contributed by atoms with Crippen molar-refractivity contribution in [3.8, 4) is 11.8 Å². The van der Waals surface area contributed by atoms with Crippen molar-refractivity contribution in [2.75, 3.05) is 0 Å². The minimum atomic E-state index is -1.12. The van der Waals surface area contributed by atoms with Crippen LogP contribution in [-0.4, -0.2) is 5.97 Å². The molecule has 0 N–H and O–H groups in total. The molecule has 0 fully saturated rings. The number of halogens is 2. The molecule has 5 heteroatoms. The third-order valence-electron chi connectivity index (χ3n) is 3.34. The second kappa shape index (κ2) is 8.02. The lowest BCUT2D eigenvalue weighted by Gasteiger charge is -2.08. The maximum atomic E-state index is 14.1. The molecule has 0 atom stereocenters. The highest BCUT2D eigenvalue weighted by Crippen LogP contribution is 2.20. The van der Waals surface area contributed by atoms with Crippen LogP contribution in [0.15, 0.2) is 48.6 Å². The minimum absolute atomic E-state index is 0.106. The SMILES string of the molecule is CC=CCCc1cc(F)c(C(=O)Oc2ccc(C#N)cc2)c(F)c1. The summed E-state index contributed by atoms with van der Waals surface area (Å²) in [5, 5.41) is 8.70. The van der Waals surface area contributed by atoms with Crippen LogP contribution in [0.2, 0.25) is 0 Å². The number of carbonyl (C=O) groups is 1. The summed E-state index contributed by atoms with van der Waals surface area (Å²) in [6, 6.07) is 9.86. The molecule has 0 aliphatic rings. The molecule has 0 unspecified atom stereocenters. The van der Waals surface area contributed by atoms with E-state index in [1.807, 2.05) is 25.1 Å². The summed E-state index contributed by atoms with van der Waals surface area (Å²) < 4.78 is 33.1. The van der Waals surface area contributed by atoms with Gasteiger partial charge in [-0.2, -0.15) is 5.26 Å². The van der Waals surface area contributed by atoms with Crippen LogP contribution < -0.4 is 4.74 Å². The van der Waals surface area contributed by atoms with Gasteiger partial charge in [-0.3, -0.25) is 0 Å². The Morgan fingerprint density at radius 1 is 1.21 bits per heavy atom. The van der Waals surface area contributed by atoms with Gasteiger partial charge in [0.1, 0.15) is 22.9 Å².